The summed E-state index contributed by atoms with van der Waals surface area (Å²) in [4.78, 5) is 2.09. The third kappa shape index (κ3) is 3.29. The highest BCUT2D eigenvalue weighted by Gasteiger charge is 2.24. The first-order valence-corrected chi connectivity index (χ1v) is 5.70. The van der Waals surface area contributed by atoms with Gasteiger partial charge in [-0.05, 0) is 43.9 Å². The molecule has 0 fully saturated rings. The number of aromatic nitrogens is 2. The standard InChI is InChI=1S/C10H18BrN3O/c1-10(2,15)9-8(11)7-12-14(9)6-5-13(3)4/h7,15H,5-6H2,1-4H3. The summed E-state index contributed by atoms with van der Waals surface area (Å²) in [6.07, 6.45) is 1.73. The molecule has 0 unspecified atom stereocenters. The topological polar surface area (TPSA) is 41.3 Å². The monoisotopic (exact) mass is 275 g/mol. The molecule has 0 atom stereocenters. The Kier molecular flexibility index (Phi) is 3.92. The smallest absolute Gasteiger partial charge is 0.102 e. The van der Waals surface area contributed by atoms with Gasteiger partial charge in [0.2, 0.25) is 0 Å². The molecule has 0 aliphatic heterocycles. The Morgan fingerprint density at radius 3 is 2.60 bits per heavy atom. The van der Waals surface area contributed by atoms with E-state index in [0.717, 1.165) is 23.3 Å². The third-order valence-corrected chi connectivity index (χ3v) is 2.71. The van der Waals surface area contributed by atoms with Crippen LogP contribution in [0.25, 0.3) is 0 Å². The highest BCUT2D eigenvalue weighted by Crippen LogP contribution is 2.27. The first-order valence-electron chi connectivity index (χ1n) is 4.91. The van der Waals surface area contributed by atoms with Gasteiger partial charge in [0.1, 0.15) is 5.60 Å². The van der Waals surface area contributed by atoms with Crippen LogP contribution in [0.5, 0.6) is 0 Å². The van der Waals surface area contributed by atoms with Crippen molar-refractivity contribution in [2.24, 2.45) is 0 Å². The zero-order valence-corrected chi connectivity index (χ0v) is 11.2. The number of likely N-dealkylation sites (N-methyl/N-ethyl adjacent to an activating group) is 1. The van der Waals surface area contributed by atoms with E-state index in [1.807, 2.05) is 18.8 Å². The molecule has 0 aromatic carbocycles. The fourth-order valence-corrected chi connectivity index (χ4v) is 2.22. The molecule has 15 heavy (non-hydrogen) atoms. The number of hydrogen-bond acceptors (Lipinski definition) is 3. The van der Waals surface area contributed by atoms with Crippen LogP contribution in [0.4, 0.5) is 0 Å². The van der Waals surface area contributed by atoms with E-state index in [9.17, 15) is 5.11 Å². The van der Waals surface area contributed by atoms with Gasteiger partial charge in [0.25, 0.3) is 0 Å². The van der Waals surface area contributed by atoms with Crippen LogP contribution in [0.2, 0.25) is 0 Å². The van der Waals surface area contributed by atoms with Gasteiger partial charge in [0, 0.05) is 6.54 Å². The predicted octanol–water partition coefficient (Wildman–Crippen LogP) is 1.43. The molecule has 1 N–H and O–H groups in total. The summed E-state index contributed by atoms with van der Waals surface area (Å²) in [7, 11) is 4.03. The van der Waals surface area contributed by atoms with Gasteiger partial charge >= 0.3 is 0 Å². The van der Waals surface area contributed by atoms with E-state index in [4.69, 9.17) is 0 Å². The minimum atomic E-state index is -0.873. The largest absolute Gasteiger partial charge is 0.384 e. The second-order valence-electron chi connectivity index (χ2n) is 4.43. The molecular formula is C10H18BrN3O. The Balaban J connectivity index is 2.89. The molecule has 0 saturated carbocycles. The highest BCUT2D eigenvalue weighted by molar-refractivity contribution is 9.10. The van der Waals surface area contributed by atoms with Gasteiger partial charge in [-0.25, -0.2) is 0 Å². The van der Waals surface area contributed by atoms with E-state index in [2.05, 4.69) is 25.9 Å². The first kappa shape index (κ1) is 12.7. The van der Waals surface area contributed by atoms with Crippen molar-refractivity contribution in [3.8, 4) is 0 Å². The second kappa shape index (κ2) is 4.63. The maximum Gasteiger partial charge on any atom is 0.102 e. The number of halogens is 1. The van der Waals surface area contributed by atoms with Crippen molar-refractivity contribution in [1.29, 1.82) is 0 Å². The van der Waals surface area contributed by atoms with Crippen LogP contribution in [0, 0.1) is 0 Å². The second-order valence-corrected chi connectivity index (χ2v) is 5.28. The molecule has 86 valence electrons. The summed E-state index contributed by atoms with van der Waals surface area (Å²) in [6, 6.07) is 0. The number of rotatable bonds is 4. The summed E-state index contributed by atoms with van der Waals surface area (Å²) >= 11 is 3.40. The fraction of sp³-hybridized carbons (Fsp3) is 0.700. The van der Waals surface area contributed by atoms with Crippen molar-refractivity contribution in [3.05, 3.63) is 16.4 Å². The average Bonchev–Trinajstić information content (AvgIpc) is 2.42. The van der Waals surface area contributed by atoms with Crippen LogP contribution in [-0.2, 0) is 12.1 Å². The molecule has 4 nitrogen and oxygen atoms in total. The molecule has 0 spiro atoms. The lowest BCUT2D eigenvalue weighted by molar-refractivity contribution is 0.0670. The first-order chi connectivity index (χ1) is 6.82. The molecule has 0 radical (unpaired) electrons. The van der Waals surface area contributed by atoms with E-state index >= 15 is 0 Å². The van der Waals surface area contributed by atoms with Crippen molar-refractivity contribution >= 4 is 15.9 Å². The van der Waals surface area contributed by atoms with Crippen molar-refractivity contribution in [2.45, 2.75) is 26.0 Å². The summed E-state index contributed by atoms with van der Waals surface area (Å²) in [5.74, 6) is 0. The normalized spacial score (nSPS) is 12.5. The van der Waals surface area contributed by atoms with Gasteiger partial charge in [-0.3, -0.25) is 4.68 Å². The molecule has 0 aliphatic carbocycles. The molecule has 1 aromatic rings. The lowest BCUT2D eigenvalue weighted by Crippen LogP contribution is -2.26. The lowest BCUT2D eigenvalue weighted by atomic mass is 10.1. The zero-order valence-electron chi connectivity index (χ0n) is 9.66. The molecule has 0 amide bonds. The van der Waals surface area contributed by atoms with Gasteiger partial charge < -0.3 is 10.0 Å². The number of aliphatic hydroxyl groups is 1. The number of nitrogens with zero attached hydrogens (tertiary/aromatic N) is 3. The van der Waals surface area contributed by atoms with E-state index in [1.54, 1.807) is 20.0 Å². The van der Waals surface area contributed by atoms with Gasteiger partial charge in [-0.1, -0.05) is 0 Å². The van der Waals surface area contributed by atoms with Crippen LogP contribution in [-0.4, -0.2) is 40.4 Å². The van der Waals surface area contributed by atoms with Crippen molar-refractivity contribution in [3.63, 3.8) is 0 Å². The Morgan fingerprint density at radius 2 is 2.13 bits per heavy atom. The van der Waals surface area contributed by atoms with Gasteiger partial charge in [0.15, 0.2) is 0 Å². The van der Waals surface area contributed by atoms with Crippen LogP contribution in [0.1, 0.15) is 19.5 Å². The molecule has 0 aliphatic rings. The lowest BCUT2D eigenvalue weighted by Gasteiger charge is -2.21. The Labute approximate surface area is 99.0 Å². The summed E-state index contributed by atoms with van der Waals surface area (Å²) in [5.41, 5.74) is -0.0499. The van der Waals surface area contributed by atoms with Crippen LogP contribution in [0.3, 0.4) is 0 Å². The van der Waals surface area contributed by atoms with Gasteiger partial charge in [-0.2, -0.15) is 5.10 Å². The minimum absolute atomic E-state index is 0.776. The maximum absolute atomic E-state index is 10.0. The van der Waals surface area contributed by atoms with E-state index < -0.39 is 5.60 Å². The molecule has 0 bridgehead atoms. The van der Waals surface area contributed by atoms with Crippen molar-refractivity contribution < 1.29 is 5.11 Å². The van der Waals surface area contributed by atoms with E-state index in [-0.39, 0.29) is 0 Å². The Morgan fingerprint density at radius 1 is 1.53 bits per heavy atom. The zero-order chi connectivity index (χ0) is 11.6. The molecule has 1 aromatic heterocycles. The fourth-order valence-electron chi connectivity index (χ4n) is 1.43. The van der Waals surface area contributed by atoms with Gasteiger partial charge in [0.05, 0.1) is 22.9 Å². The summed E-state index contributed by atoms with van der Waals surface area (Å²) in [5, 5.41) is 14.2. The van der Waals surface area contributed by atoms with Gasteiger partial charge in [-0.15, -0.1) is 0 Å². The van der Waals surface area contributed by atoms with E-state index in [1.165, 1.54) is 0 Å². The molecule has 5 heteroatoms. The van der Waals surface area contributed by atoms with E-state index in [0.29, 0.717) is 0 Å². The Hall–Kier alpha value is -0.390. The van der Waals surface area contributed by atoms with Crippen LogP contribution >= 0.6 is 15.9 Å². The summed E-state index contributed by atoms with van der Waals surface area (Å²) in [6.45, 7) is 5.21. The quantitative estimate of drug-likeness (QED) is 0.904. The molecule has 1 heterocycles. The van der Waals surface area contributed by atoms with Crippen LogP contribution < -0.4 is 0 Å². The SMILES string of the molecule is CN(C)CCn1ncc(Br)c1C(C)(C)O. The highest BCUT2D eigenvalue weighted by atomic mass is 79.9. The third-order valence-electron chi connectivity index (χ3n) is 2.13. The minimum Gasteiger partial charge on any atom is -0.384 e. The molecular weight excluding hydrogens is 258 g/mol. The van der Waals surface area contributed by atoms with Crippen LogP contribution in [0.15, 0.2) is 10.7 Å². The van der Waals surface area contributed by atoms with Crippen molar-refractivity contribution in [2.75, 3.05) is 20.6 Å². The molecule has 0 saturated heterocycles. The Bertz CT molecular complexity index is 328. The maximum atomic E-state index is 10.0. The summed E-state index contributed by atoms with van der Waals surface area (Å²) < 4.78 is 2.69. The predicted molar refractivity (Wildman–Crippen MR) is 63.7 cm³/mol. The van der Waals surface area contributed by atoms with Crippen molar-refractivity contribution in [1.82, 2.24) is 14.7 Å². The number of hydrogen-bond donors (Lipinski definition) is 1. The molecule has 1 rings (SSSR count). The average molecular weight is 276 g/mol.